The summed E-state index contributed by atoms with van der Waals surface area (Å²) in [5, 5.41) is 19.1. The molecule has 82 valence electrons. The Kier molecular flexibility index (Phi) is 3.11. The molecular weight excluding hydrogens is 192 g/mol. The zero-order chi connectivity index (χ0) is 10.7. The Hall–Kier alpha value is -1.22. The highest BCUT2D eigenvalue weighted by Crippen LogP contribution is 2.29. The normalized spacial score (nSPS) is 20.7. The van der Waals surface area contributed by atoms with Gasteiger partial charge in [-0.3, -0.25) is 0 Å². The summed E-state index contributed by atoms with van der Waals surface area (Å²) in [6, 6.07) is 4.87. The quantitative estimate of drug-likeness (QED) is 0.799. The summed E-state index contributed by atoms with van der Waals surface area (Å²) in [4.78, 5) is 0. The summed E-state index contributed by atoms with van der Waals surface area (Å²) in [5.41, 5.74) is 0.657. The van der Waals surface area contributed by atoms with Gasteiger partial charge in [-0.1, -0.05) is 6.07 Å². The van der Waals surface area contributed by atoms with Crippen LogP contribution in [0.5, 0.6) is 11.5 Å². The fourth-order valence-corrected chi connectivity index (χ4v) is 1.98. The lowest BCUT2D eigenvalue weighted by Gasteiger charge is -2.09. The lowest BCUT2D eigenvalue weighted by molar-refractivity contribution is 0.184. The second-order valence-electron chi connectivity index (χ2n) is 4.04. The third kappa shape index (κ3) is 2.42. The number of phenolic OH excluding ortho intramolecular Hbond substituents is 2. The topological polar surface area (TPSA) is 49.7 Å². The number of benzene rings is 1. The summed E-state index contributed by atoms with van der Waals surface area (Å²) < 4.78 is 5.28. The summed E-state index contributed by atoms with van der Waals surface area (Å²) in [6.45, 7) is 1.66. The van der Waals surface area contributed by atoms with Gasteiger partial charge in [-0.05, 0) is 37.3 Å². The fraction of sp³-hybridized carbons (Fsp3) is 0.500. The van der Waals surface area contributed by atoms with Crippen LogP contribution in [0.3, 0.4) is 0 Å². The third-order valence-corrected chi connectivity index (χ3v) is 2.95. The van der Waals surface area contributed by atoms with Crippen molar-refractivity contribution in [2.75, 3.05) is 13.2 Å². The third-order valence-electron chi connectivity index (χ3n) is 2.95. The first-order chi connectivity index (χ1) is 7.27. The number of rotatable bonds is 3. The van der Waals surface area contributed by atoms with Crippen LogP contribution < -0.4 is 0 Å². The van der Waals surface area contributed by atoms with Crippen molar-refractivity contribution < 1.29 is 14.9 Å². The maximum atomic E-state index is 9.57. The zero-order valence-electron chi connectivity index (χ0n) is 8.65. The molecular formula is C12H16O3. The molecule has 1 aromatic rings. The van der Waals surface area contributed by atoms with Gasteiger partial charge < -0.3 is 14.9 Å². The SMILES string of the molecule is Oc1cccc(O)c1CCC1CCOC1. The minimum atomic E-state index is 0.189. The largest absolute Gasteiger partial charge is 0.508 e. The predicted octanol–water partition coefficient (Wildman–Crippen LogP) is 2.07. The highest BCUT2D eigenvalue weighted by Gasteiger charge is 2.17. The van der Waals surface area contributed by atoms with E-state index in [1.165, 1.54) is 0 Å². The smallest absolute Gasteiger partial charge is 0.122 e. The second-order valence-corrected chi connectivity index (χ2v) is 4.04. The molecule has 0 aliphatic carbocycles. The van der Waals surface area contributed by atoms with E-state index in [4.69, 9.17) is 4.74 Å². The molecule has 2 rings (SSSR count). The molecule has 0 aromatic heterocycles. The van der Waals surface area contributed by atoms with Crippen LogP contribution in [0.1, 0.15) is 18.4 Å². The van der Waals surface area contributed by atoms with Crippen LogP contribution in [0.2, 0.25) is 0 Å². The molecule has 1 heterocycles. The first kappa shape index (κ1) is 10.3. The first-order valence-electron chi connectivity index (χ1n) is 5.35. The van der Waals surface area contributed by atoms with Crippen LogP contribution in [-0.4, -0.2) is 23.4 Å². The van der Waals surface area contributed by atoms with E-state index >= 15 is 0 Å². The number of phenols is 2. The summed E-state index contributed by atoms with van der Waals surface area (Å²) in [5.74, 6) is 0.951. The van der Waals surface area contributed by atoms with Crippen molar-refractivity contribution in [3.05, 3.63) is 23.8 Å². The van der Waals surface area contributed by atoms with Crippen LogP contribution in [0.4, 0.5) is 0 Å². The summed E-state index contributed by atoms with van der Waals surface area (Å²) in [6.07, 6.45) is 2.77. The van der Waals surface area contributed by atoms with Gasteiger partial charge in [0, 0.05) is 18.8 Å². The number of ether oxygens (including phenoxy) is 1. The van der Waals surface area contributed by atoms with E-state index in [1.807, 2.05) is 0 Å². The Morgan fingerprint density at radius 3 is 2.60 bits per heavy atom. The molecule has 1 saturated heterocycles. The molecule has 1 unspecified atom stereocenters. The Balaban J connectivity index is 1.97. The van der Waals surface area contributed by atoms with Gasteiger partial charge in [0.15, 0.2) is 0 Å². The molecule has 0 spiro atoms. The monoisotopic (exact) mass is 208 g/mol. The number of hydrogen-bond acceptors (Lipinski definition) is 3. The van der Waals surface area contributed by atoms with Crippen molar-refractivity contribution in [2.24, 2.45) is 5.92 Å². The van der Waals surface area contributed by atoms with E-state index in [9.17, 15) is 10.2 Å². The molecule has 0 saturated carbocycles. The average Bonchev–Trinajstić information content (AvgIpc) is 2.70. The highest BCUT2D eigenvalue weighted by molar-refractivity contribution is 5.42. The predicted molar refractivity (Wildman–Crippen MR) is 57.0 cm³/mol. The van der Waals surface area contributed by atoms with E-state index in [2.05, 4.69) is 0 Å². The van der Waals surface area contributed by atoms with Crippen LogP contribution in [0, 0.1) is 5.92 Å². The van der Waals surface area contributed by atoms with Crippen molar-refractivity contribution in [2.45, 2.75) is 19.3 Å². The average molecular weight is 208 g/mol. The molecule has 1 atom stereocenters. The van der Waals surface area contributed by atoms with Gasteiger partial charge in [-0.15, -0.1) is 0 Å². The standard InChI is InChI=1S/C12H16O3/c13-11-2-1-3-12(14)10(11)5-4-9-6-7-15-8-9/h1-3,9,13-14H,4-8H2. The van der Waals surface area contributed by atoms with Crippen LogP contribution in [0.25, 0.3) is 0 Å². The maximum absolute atomic E-state index is 9.57. The molecule has 2 N–H and O–H groups in total. The molecule has 1 aliphatic heterocycles. The molecule has 3 nitrogen and oxygen atoms in total. The summed E-state index contributed by atoms with van der Waals surface area (Å²) in [7, 11) is 0. The van der Waals surface area contributed by atoms with E-state index < -0.39 is 0 Å². The van der Waals surface area contributed by atoms with Crippen LogP contribution in [0.15, 0.2) is 18.2 Å². The van der Waals surface area contributed by atoms with Crippen molar-refractivity contribution in [3.63, 3.8) is 0 Å². The van der Waals surface area contributed by atoms with E-state index in [-0.39, 0.29) is 11.5 Å². The number of hydrogen-bond donors (Lipinski definition) is 2. The van der Waals surface area contributed by atoms with Crippen LogP contribution >= 0.6 is 0 Å². The molecule has 15 heavy (non-hydrogen) atoms. The second kappa shape index (κ2) is 4.53. The Labute approximate surface area is 89.3 Å². The lowest BCUT2D eigenvalue weighted by atomic mass is 9.98. The Morgan fingerprint density at radius 2 is 2.00 bits per heavy atom. The molecule has 0 radical (unpaired) electrons. The van der Waals surface area contributed by atoms with Crippen molar-refractivity contribution in [1.29, 1.82) is 0 Å². The van der Waals surface area contributed by atoms with Gasteiger partial charge in [-0.2, -0.15) is 0 Å². The molecule has 1 aliphatic rings. The van der Waals surface area contributed by atoms with Crippen molar-refractivity contribution in [3.8, 4) is 11.5 Å². The van der Waals surface area contributed by atoms with Gasteiger partial charge in [0.25, 0.3) is 0 Å². The first-order valence-corrected chi connectivity index (χ1v) is 5.35. The lowest BCUT2D eigenvalue weighted by Crippen LogP contribution is -2.01. The van der Waals surface area contributed by atoms with Crippen molar-refractivity contribution >= 4 is 0 Å². The molecule has 3 heteroatoms. The minimum absolute atomic E-state index is 0.189. The highest BCUT2D eigenvalue weighted by atomic mass is 16.5. The van der Waals surface area contributed by atoms with E-state index in [1.54, 1.807) is 18.2 Å². The molecule has 0 amide bonds. The maximum Gasteiger partial charge on any atom is 0.122 e. The Morgan fingerprint density at radius 1 is 1.27 bits per heavy atom. The van der Waals surface area contributed by atoms with Crippen LogP contribution in [-0.2, 0) is 11.2 Å². The number of aromatic hydroxyl groups is 2. The van der Waals surface area contributed by atoms with Crippen molar-refractivity contribution in [1.82, 2.24) is 0 Å². The molecule has 0 bridgehead atoms. The van der Waals surface area contributed by atoms with Gasteiger partial charge in [0.1, 0.15) is 11.5 Å². The van der Waals surface area contributed by atoms with Gasteiger partial charge in [0.2, 0.25) is 0 Å². The molecule has 1 aromatic carbocycles. The molecule has 1 fully saturated rings. The van der Waals surface area contributed by atoms with Gasteiger partial charge in [0.05, 0.1) is 0 Å². The summed E-state index contributed by atoms with van der Waals surface area (Å²) >= 11 is 0. The zero-order valence-corrected chi connectivity index (χ0v) is 8.65. The van der Waals surface area contributed by atoms with Gasteiger partial charge >= 0.3 is 0 Å². The Bertz CT molecular complexity index is 309. The minimum Gasteiger partial charge on any atom is -0.508 e. The fourth-order valence-electron chi connectivity index (χ4n) is 1.98. The van der Waals surface area contributed by atoms with E-state index in [0.717, 1.165) is 26.1 Å². The van der Waals surface area contributed by atoms with E-state index in [0.29, 0.717) is 17.9 Å². The van der Waals surface area contributed by atoms with Gasteiger partial charge in [-0.25, -0.2) is 0 Å².